The first-order chi connectivity index (χ1) is 15.2. The highest BCUT2D eigenvalue weighted by Gasteiger charge is 2.24. The van der Waals surface area contributed by atoms with Crippen LogP contribution in [0.4, 0.5) is 4.39 Å². The van der Waals surface area contributed by atoms with Crippen LogP contribution in [0.15, 0.2) is 76.0 Å². The van der Waals surface area contributed by atoms with E-state index in [9.17, 15) is 17.6 Å². The first-order valence-electron chi connectivity index (χ1n) is 10.1. The second kappa shape index (κ2) is 8.67. The molecule has 0 saturated heterocycles. The normalized spacial score (nSPS) is 12.7. The second-order valence-electron chi connectivity index (χ2n) is 7.95. The maximum Gasteiger partial charge on any atom is 0.202 e. The summed E-state index contributed by atoms with van der Waals surface area (Å²) in [6, 6.07) is 17.9. The summed E-state index contributed by atoms with van der Waals surface area (Å²) in [5, 5.41) is 0. The molecular formula is C25H22FNO4S. The highest BCUT2D eigenvalue weighted by Crippen LogP contribution is 2.26. The third-order valence-electron chi connectivity index (χ3n) is 5.37. The zero-order valence-electron chi connectivity index (χ0n) is 17.7. The minimum Gasteiger partial charge on any atom is -0.440 e. The lowest BCUT2D eigenvalue weighted by Crippen LogP contribution is -2.18. The monoisotopic (exact) mass is 451 g/mol. The van der Waals surface area contributed by atoms with E-state index in [-0.39, 0.29) is 22.9 Å². The van der Waals surface area contributed by atoms with E-state index < -0.39 is 15.8 Å². The van der Waals surface area contributed by atoms with Gasteiger partial charge in [-0.3, -0.25) is 4.79 Å². The van der Waals surface area contributed by atoms with Crippen LogP contribution >= 0.6 is 0 Å². The molecule has 3 aromatic carbocycles. The summed E-state index contributed by atoms with van der Waals surface area (Å²) in [4.78, 5) is 17.9. The van der Waals surface area contributed by atoms with E-state index >= 15 is 0 Å². The number of oxazole rings is 1. The van der Waals surface area contributed by atoms with E-state index in [0.717, 1.165) is 17.4 Å². The summed E-state index contributed by atoms with van der Waals surface area (Å²) in [5.74, 6) is -0.709. The van der Waals surface area contributed by atoms with Crippen LogP contribution in [0, 0.1) is 12.7 Å². The van der Waals surface area contributed by atoms with Gasteiger partial charge in [-0.15, -0.1) is 0 Å². The summed E-state index contributed by atoms with van der Waals surface area (Å²) in [6.45, 7) is 1.96. The van der Waals surface area contributed by atoms with Crippen LogP contribution in [0.25, 0.3) is 11.1 Å². The fourth-order valence-electron chi connectivity index (χ4n) is 3.65. The summed E-state index contributed by atoms with van der Waals surface area (Å²) < 4.78 is 42.7. The Labute approximate surface area is 185 Å². The number of fused-ring (bicyclic) bond motifs is 1. The molecule has 32 heavy (non-hydrogen) atoms. The molecule has 5 nitrogen and oxygen atoms in total. The summed E-state index contributed by atoms with van der Waals surface area (Å²) in [7, 11) is -3.35. The van der Waals surface area contributed by atoms with Gasteiger partial charge in [0.1, 0.15) is 17.1 Å². The zero-order chi connectivity index (χ0) is 22.9. The molecule has 1 atom stereocenters. The molecule has 4 aromatic rings. The van der Waals surface area contributed by atoms with E-state index in [1.165, 1.54) is 24.3 Å². The van der Waals surface area contributed by atoms with Gasteiger partial charge < -0.3 is 4.42 Å². The van der Waals surface area contributed by atoms with Crippen LogP contribution in [0.5, 0.6) is 0 Å². The number of benzene rings is 3. The predicted octanol–water partition coefficient (Wildman–Crippen LogP) is 4.82. The number of sulfone groups is 1. The molecule has 7 heteroatoms. The van der Waals surface area contributed by atoms with Crippen LogP contribution < -0.4 is 0 Å². The number of rotatable bonds is 7. The molecule has 4 rings (SSSR count). The number of aromatic nitrogens is 1. The summed E-state index contributed by atoms with van der Waals surface area (Å²) in [5.41, 5.74) is 3.83. The Balaban J connectivity index is 1.65. The van der Waals surface area contributed by atoms with Gasteiger partial charge in [0.15, 0.2) is 15.4 Å². The molecule has 1 unspecified atom stereocenters. The summed E-state index contributed by atoms with van der Waals surface area (Å²) >= 11 is 0. The van der Waals surface area contributed by atoms with Gasteiger partial charge in [0.2, 0.25) is 5.89 Å². The average Bonchev–Trinajstić information content (AvgIpc) is 3.14. The number of carbonyl (C=O) groups excluding carboxylic acids is 1. The molecule has 0 amide bonds. The van der Waals surface area contributed by atoms with Crippen molar-refractivity contribution in [2.45, 2.75) is 30.6 Å². The molecule has 0 aliphatic rings. The minimum atomic E-state index is -3.35. The van der Waals surface area contributed by atoms with Crippen LogP contribution in [0.3, 0.4) is 0 Å². The number of ketones is 1. The highest BCUT2D eigenvalue weighted by molar-refractivity contribution is 7.90. The zero-order valence-corrected chi connectivity index (χ0v) is 18.5. The highest BCUT2D eigenvalue weighted by atomic mass is 32.2. The van der Waals surface area contributed by atoms with E-state index in [4.69, 9.17) is 4.42 Å². The van der Waals surface area contributed by atoms with Gasteiger partial charge in [0.05, 0.1) is 11.3 Å². The van der Waals surface area contributed by atoms with Crippen molar-refractivity contribution >= 4 is 26.7 Å². The molecule has 0 spiro atoms. The molecule has 0 N–H and O–H groups in total. The lowest BCUT2D eigenvalue weighted by atomic mass is 9.87. The number of hydrogen-bond acceptors (Lipinski definition) is 5. The Morgan fingerprint density at radius 3 is 2.38 bits per heavy atom. The SMILES string of the molecule is Cc1ccc2oc(CC(=O)C(Cc3ccc(F)cc3)c3ccc(S(C)(=O)=O)cc3)nc2c1. The molecule has 1 aromatic heterocycles. The van der Waals surface area contributed by atoms with Crippen molar-refractivity contribution in [1.82, 2.24) is 4.98 Å². The largest absolute Gasteiger partial charge is 0.440 e. The molecule has 0 saturated carbocycles. The van der Waals surface area contributed by atoms with Crippen LogP contribution in [-0.2, 0) is 27.5 Å². The first kappa shape index (κ1) is 21.9. The Bertz CT molecular complexity index is 1370. The molecule has 0 aliphatic heterocycles. The number of hydrogen-bond donors (Lipinski definition) is 0. The Kier molecular flexibility index (Phi) is 5.93. The number of halogens is 1. The second-order valence-corrected chi connectivity index (χ2v) is 9.96. The maximum absolute atomic E-state index is 13.3. The molecule has 164 valence electrons. The lowest BCUT2D eigenvalue weighted by Gasteiger charge is -2.16. The van der Waals surface area contributed by atoms with E-state index in [0.29, 0.717) is 29.0 Å². The van der Waals surface area contributed by atoms with Crippen molar-refractivity contribution < 1.29 is 22.0 Å². The van der Waals surface area contributed by atoms with Gasteiger partial charge in [-0.25, -0.2) is 17.8 Å². The third kappa shape index (κ3) is 4.94. The number of aryl methyl sites for hydroxylation is 1. The lowest BCUT2D eigenvalue weighted by molar-refractivity contribution is -0.120. The van der Waals surface area contributed by atoms with Gasteiger partial charge >= 0.3 is 0 Å². The fraction of sp³-hybridized carbons (Fsp3) is 0.200. The fourth-order valence-corrected chi connectivity index (χ4v) is 4.28. The topological polar surface area (TPSA) is 77.2 Å². The van der Waals surface area contributed by atoms with E-state index in [1.807, 2.05) is 25.1 Å². The predicted molar refractivity (Wildman–Crippen MR) is 120 cm³/mol. The maximum atomic E-state index is 13.3. The van der Waals surface area contributed by atoms with Gasteiger partial charge in [0.25, 0.3) is 0 Å². The number of nitrogens with zero attached hydrogens (tertiary/aromatic N) is 1. The smallest absolute Gasteiger partial charge is 0.202 e. The van der Waals surface area contributed by atoms with Crippen molar-refractivity contribution in [1.29, 1.82) is 0 Å². The van der Waals surface area contributed by atoms with Crippen LogP contribution in [0.1, 0.15) is 28.5 Å². The molecule has 0 radical (unpaired) electrons. The number of carbonyl (C=O) groups is 1. The first-order valence-corrected chi connectivity index (χ1v) is 12.0. The van der Waals surface area contributed by atoms with Crippen molar-refractivity contribution in [3.05, 3.63) is 95.1 Å². The molecular weight excluding hydrogens is 429 g/mol. The Morgan fingerprint density at radius 1 is 1.03 bits per heavy atom. The van der Waals surface area contributed by atoms with Crippen molar-refractivity contribution in [2.24, 2.45) is 0 Å². The Morgan fingerprint density at radius 2 is 1.72 bits per heavy atom. The Hall–Kier alpha value is -3.32. The molecule has 0 aliphatic carbocycles. The molecule has 0 bridgehead atoms. The van der Waals surface area contributed by atoms with Gasteiger partial charge in [-0.1, -0.05) is 30.3 Å². The molecule has 0 fully saturated rings. The van der Waals surface area contributed by atoms with Crippen molar-refractivity contribution in [3.8, 4) is 0 Å². The standard InChI is InChI=1S/C25H22FNO4S/c1-16-3-12-24-22(13-16)27-25(31-24)15-23(28)21(14-17-4-8-19(26)9-5-17)18-6-10-20(11-7-18)32(2,29)30/h3-13,21H,14-15H2,1-2H3. The van der Waals surface area contributed by atoms with Crippen LogP contribution in [-0.4, -0.2) is 25.4 Å². The summed E-state index contributed by atoms with van der Waals surface area (Å²) in [6.07, 6.45) is 1.47. The van der Waals surface area contributed by atoms with E-state index in [1.54, 1.807) is 24.3 Å². The van der Waals surface area contributed by atoms with Gasteiger partial charge in [0, 0.05) is 12.2 Å². The van der Waals surface area contributed by atoms with Gasteiger partial charge in [-0.05, 0) is 66.4 Å². The average molecular weight is 452 g/mol. The third-order valence-corrected chi connectivity index (χ3v) is 6.49. The van der Waals surface area contributed by atoms with Gasteiger partial charge in [-0.2, -0.15) is 0 Å². The minimum absolute atomic E-state index is 0.00653. The quantitative estimate of drug-likeness (QED) is 0.403. The van der Waals surface area contributed by atoms with Crippen LogP contribution in [0.2, 0.25) is 0 Å². The molecule has 1 heterocycles. The van der Waals surface area contributed by atoms with E-state index in [2.05, 4.69) is 4.98 Å². The van der Waals surface area contributed by atoms with Crippen molar-refractivity contribution in [3.63, 3.8) is 0 Å². The van der Waals surface area contributed by atoms with Crippen molar-refractivity contribution in [2.75, 3.05) is 6.26 Å². The number of Topliss-reactive ketones (excluding diaryl/α,β-unsaturated/α-hetero) is 1.